The van der Waals surface area contributed by atoms with Gasteiger partial charge in [0, 0.05) is 12.1 Å². The Labute approximate surface area is 128 Å². The van der Waals surface area contributed by atoms with Crippen molar-refractivity contribution < 1.29 is 4.74 Å². The van der Waals surface area contributed by atoms with E-state index in [2.05, 4.69) is 61.6 Å². The lowest BCUT2D eigenvalue weighted by molar-refractivity contribution is 0.340. The largest absolute Gasteiger partial charge is 0.494 e. The Morgan fingerprint density at radius 2 is 1.62 bits per heavy atom. The Bertz CT molecular complexity index is 521. The topological polar surface area (TPSA) is 21.3 Å². The van der Waals surface area contributed by atoms with Gasteiger partial charge in [-0.3, -0.25) is 0 Å². The van der Waals surface area contributed by atoms with Crippen molar-refractivity contribution in [2.24, 2.45) is 0 Å². The second-order valence-corrected chi connectivity index (χ2v) is 5.48. The second kappa shape index (κ2) is 7.84. The maximum absolute atomic E-state index is 5.48. The molecule has 2 aromatic carbocycles. The van der Waals surface area contributed by atoms with E-state index in [9.17, 15) is 0 Å². The third-order valence-electron chi connectivity index (χ3n) is 3.61. The zero-order valence-corrected chi connectivity index (χ0v) is 13.2. The van der Waals surface area contributed by atoms with E-state index in [1.807, 2.05) is 19.1 Å². The molecule has 2 nitrogen and oxygen atoms in total. The molecule has 21 heavy (non-hydrogen) atoms. The minimum Gasteiger partial charge on any atom is -0.494 e. The molecule has 0 heterocycles. The highest BCUT2D eigenvalue weighted by atomic mass is 16.5. The molecule has 0 aliphatic heterocycles. The molecular weight excluding hydrogens is 258 g/mol. The average molecular weight is 283 g/mol. The van der Waals surface area contributed by atoms with E-state index in [-0.39, 0.29) is 0 Å². The fourth-order valence-electron chi connectivity index (χ4n) is 2.57. The van der Waals surface area contributed by atoms with Gasteiger partial charge in [-0.05, 0) is 50.5 Å². The summed E-state index contributed by atoms with van der Waals surface area (Å²) in [6.45, 7) is 7.15. The Balaban J connectivity index is 1.89. The molecule has 2 unspecified atom stereocenters. The van der Waals surface area contributed by atoms with Crippen molar-refractivity contribution in [1.29, 1.82) is 0 Å². The normalized spacial score (nSPS) is 13.7. The fourth-order valence-corrected chi connectivity index (χ4v) is 2.57. The van der Waals surface area contributed by atoms with Crippen LogP contribution in [0.3, 0.4) is 0 Å². The summed E-state index contributed by atoms with van der Waals surface area (Å²) in [7, 11) is 0. The van der Waals surface area contributed by atoms with Crippen LogP contribution in [0.2, 0.25) is 0 Å². The molecule has 2 heteroatoms. The van der Waals surface area contributed by atoms with Gasteiger partial charge in [0.25, 0.3) is 0 Å². The Kier molecular flexibility index (Phi) is 5.82. The van der Waals surface area contributed by atoms with Crippen molar-refractivity contribution in [3.63, 3.8) is 0 Å². The maximum Gasteiger partial charge on any atom is 0.119 e. The van der Waals surface area contributed by atoms with Gasteiger partial charge in [-0.2, -0.15) is 0 Å². The summed E-state index contributed by atoms with van der Waals surface area (Å²) >= 11 is 0. The zero-order valence-electron chi connectivity index (χ0n) is 13.2. The van der Waals surface area contributed by atoms with E-state index in [0.29, 0.717) is 18.7 Å². The van der Waals surface area contributed by atoms with Crippen molar-refractivity contribution in [1.82, 2.24) is 5.32 Å². The van der Waals surface area contributed by atoms with Crippen LogP contribution in [0, 0.1) is 0 Å². The number of ether oxygens (including phenoxy) is 1. The molecule has 2 rings (SSSR count). The minimum absolute atomic E-state index is 0.333. The first-order chi connectivity index (χ1) is 10.2. The molecule has 0 fully saturated rings. The molecule has 0 saturated carbocycles. The monoisotopic (exact) mass is 283 g/mol. The number of nitrogens with one attached hydrogen (secondary N) is 1. The molecule has 0 aromatic heterocycles. The van der Waals surface area contributed by atoms with E-state index in [0.717, 1.165) is 12.2 Å². The molecule has 0 aliphatic carbocycles. The van der Waals surface area contributed by atoms with Crippen LogP contribution in [0.1, 0.15) is 37.9 Å². The highest BCUT2D eigenvalue weighted by Crippen LogP contribution is 2.18. The van der Waals surface area contributed by atoms with E-state index >= 15 is 0 Å². The third kappa shape index (κ3) is 4.91. The van der Waals surface area contributed by atoms with Gasteiger partial charge in [0.1, 0.15) is 5.75 Å². The molecule has 0 aliphatic rings. The van der Waals surface area contributed by atoms with Crippen LogP contribution in [0.5, 0.6) is 5.75 Å². The lowest BCUT2D eigenvalue weighted by Gasteiger charge is -2.21. The molecule has 2 atom stereocenters. The van der Waals surface area contributed by atoms with Crippen LogP contribution in [0.15, 0.2) is 54.6 Å². The number of benzene rings is 2. The summed E-state index contributed by atoms with van der Waals surface area (Å²) in [6, 6.07) is 19.7. The van der Waals surface area contributed by atoms with E-state index in [1.165, 1.54) is 11.1 Å². The Morgan fingerprint density at radius 3 is 2.24 bits per heavy atom. The van der Waals surface area contributed by atoms with Crippen LogP contribution in [-0.2, 0) is 6.42 Å². The molecular formula is C19H25NO. The molecule has 0 saturated heterocycles. The fraction of sp³-hybridized carbons (Fsp3) is 0.368. The second-order valence-electron chi connectivity index (χ2n) is 5.48. The van der Waals surface area contributed by atoms with Crippen molar-refractivity contribution in [3.8, 4) is 5.75 Å². The standard InChI is InChI=1S/C19H25NO/c1-4-21-19-12-10-18(11-13-19)16(3)20-15(2)14-17-8-6-5-7-9-17/h5-13,15-16,20H,4,14H2,1-3H3. The van der Waals surface area contributed by atoms with Gasteiger partial charge in [-0.25, -0.2) is 0 Å². The summed E-state index contributed by atoms with van der Waals surface area (Å²) < 4.78 is 5.48. The van der Waals surface area contributed by atoms with Gasteiger partial charge in [-0.15, -0.1) is 0 Å². The summed E-state index contributed by atoms with van der Waals surface area (Å²) in [5, 5.41) is 3.66. The van der Waals surface area contributed by atoms with E-state index in [1.54, 1.807) is 0 Å². The van der Waals surface area contributed by atoms with E-state index < -0.39 is 0 Å². The van der Waals surface area contributed by atoms with Crippen molar-refractivity contribution in [3.05, 3.63) is 65.7 Å². The lowest BCUT2D eigenvalue weighted by atomic mass is 10.0. The molecule has 0 bridgehead atoms. The van der Waals surface area contributed by atoms with Crippen LogP contribution in [-0.4, -0.2) is 12.6 Å². The SMILES string of the molecule is CCOc1ccc(C(C)NC(C)Cc2ccccc2)cc1. The predicted octanol–water partition coefficient (Wildman–Crippen LogP) is 4.37. The predicted molar refractivity (Wildman–Crippen MR) is 88.8 cm³/mol. The third-order valence-corrected chi connectivity index (χ3v) is 3.61. The van der Waals surface area contributed by atoms with Gasteiger partial charge in [-0.1, -0.05) is 42.5 Å². The first-order valence-electron chi connectivity index (χ1n) is 7.71. The zero-order chi connectivity index (χ0) is 15.1. The highest BCUT2D eigenvalue weighted by Gasteiger charge is 2.10. The smallest absolute Gasteiger partial charge is 0.119 e. The van der Waals surface area contributed by atoms with E-state index in [4.69, 9.17) is 4.74 Å². The quantitative estimate of drug-likeness (QED) is 0.815. The molecule has 0 spiro atoms. The highest BCUT2D eigenvalue weighted by molar-refractivity contribution is 5.29. The van der Waals surface area contributed by atoms with Crippen molar-refractivity contribution in [2.75, 3.05) is 6.61 Å². The van der Waals surface area contributed by atoms with Gasteiger partial charge < -0.3 is 10.1 Å². The maximum atomic E-state index is 5.48. The molecule has 0 amide bonds. The van der Waals surface area contributed by atoms with Crippen LogP contribution in [0.25, 0.3) is 0 Å². The van der Waals surface area contributed by atoms with Crippen molar-refractivity contribution >= 4 is 0 Å². The first kappa shape index (κ1) is 15.6. The molecule has 1 N–H and O–H groups in total. The number of rotatable bonds is 7. The molecule has 2 aromatic rings. The van der Waals surface area contributed by atoms with Crippen molar-refractivity contribution in [2.45, 2.75) is 39.3 Å². The average Bonchev–Trinajstić information content (AvgIpc) is 2.49. The van der Waals surface area contributed by atoms with Gasteiger partial charge in [0.05, 0.1) is 6.61 Å². The lowest BCUT2D eigenvalue weighted by Crippen LogP contribution is -2.30. The van der Waals surface area contributed by atoms with Gasteiger partial charge >= 0.3 is 0 Å². The summed E-state index contributed by atoms with van der Waals surface area (Å²) in [4.78, 5) is 0. The summed E-state index contributed by atoms with van der Waals surface area (Å²) in [5.74, 6) is 0.936. The molecule has 0 radical (unpaired) electrons. The summed E-state index contributed by atoms with van der Waals surface area (Å²) in [5.41, 5.74) is 2.66. The minimum atomic E-state index is 0.333. The Hall–Kier alpha value is -1.80. The van der Waals surface area contributed by atoms with Crippen LogP contribution < -0.4 is 10.1 Å². The van der Waals surface area contributed by atoms with Gasteiger partial charge in [0.2, 0.25) is 0 Å². The number of hydrogen-bond acceptors (Lipinski definition) is 2. The summed E-state index contributed by atoms with van der Waals surface area (Å²) in [6.07, 6.45) is 1.04. The van der Waals surface area contributed by atoms with Crippen LogP contribution in [0.4, 0.5) is 0 Å². The first-order valence-corrected chi connectivity index (χ1v) is 7.71. The number of hydrogen-bond donors (Lipinski definition) is 1. The van der Waals surface area contributed by atoms with Gasteiger partial charge in [0.15, 0.2) is 0 Å². The Morgan fingerprint density at radius 1 is 0.952 bits per heavy atom. The molecule has 112 valence electrons. The van der Waals surface area contributed by atoms with Crippen LogP contribution >= 0.6 is 0 Å².